The molecule has 0 aliphatic carbocycles. The van der Waals surface area contributed by atoms with E-state index in [-0.39, 0.29) is 5.56 Å². The number of aliphatic carboxylic acids is 1. The predicted molar refractivity (Wildman–Crippen MR) is 51.0 cm³/mol. The maximum Gasteiger partial charge on any atom is 0.417 e. The van der Waals surface area contributed by atoms with Crippen molar-refractivity contribution in [3.8, 4) is 0 Å². The molecule has 0 saturated carbocycles. The van der Waals surface area contributed by atoms with Crippen LogP contribution in [0.25, 0.3) is 0 Å². The van der Waals surface area contributed by atoms with Gasteiger partial charge in [0.1, 0.15) is 6.04 Å². The number of carbonyl (C=O) groups is 1. The third-order valence-electron chi connectivity index (χ3n) is 1.92. The lowest BCUT2D eigenvalue weighted by Gasteiger charge is -2.12. The van der Waals surface area contributed by atoms with E-state index < -0.39 is 28.8 Å². The van der Waals surface area contributed by atoms with Gasteiger partial charge in [-0.3, -0.25) is 4.79 Å². The summed E-state index contributed by atoms with van der Waals surface area (Å²) in [6, 6.07) is 1.22. The number of rotatable bonds is 2. The SMILES string of the molecule is N[C@H](C(=O)O)c1ccc(C(F)(F)F)c(Cl)c1. The molecule has 1 aromatic rings. The van der Waals surface area contributed by atoms with Crippen molar-refractivity contribution in [2.24, 2.45) is 5.73 Å². The molecule has 1 aromatic carbocycles. The van der Waals surface area contributed by atoms with Gasteiger partial charge in [0.05, 0.1) is 10.6 Å². The largest absolute Gasteiger partial charge is 0.480 e. The van der Waals surface area contributed by atoms with E-state index in [0.717, 1.165) is 12.1 Å². The lowest BCUT2D eigenvalue weighted by Crippen LogP contribution is -2.20. The molecule has 0 radical (unpaired) electrons. The van der Waals surface area contributed by atoms with E-state index >= 15 is 0 Å². The van der Waals surface area contributed by atoms with Crippen LogP contribution >= 0.6 is 11.6 Å². The van der Waals surface area contributed by atoms with Gasteiger partial charge in [-0.05, 0) is 17.7 Å². The van der Waals surface area contributed by atoms with Gasteiger partial charge in [0.2, 0.25) is 0 Å². The molecular weight excluding hydrogens is 247 g/mol. The predicted octanol–water partition coefficient (Wildman–Crippen LogP) is 2.44. The summed E-state index contributed by atoms with van der Waals surface area (Å²) in [5.41, 5.74) is 4.23. The first kappa shape index (κ1) is 12.8. The van der Waals surface area contributed by atoms with Crippen molar-refractivity contribution < 1.29 is 23.1 Å². The smallest absolute Gasteiger partial charge is 0.417 e. The van der Waals surface area contributed by atoms with Gasteiger partial charge in [-0.2, -0.15) is 13.2 Å². The van der Waals surface area contributed by atoms with Gasteiger partial charge < -0.3 is 10.8 Å². The van der Waals surface area contributed by atoms with E-state index in [1.165, 1.54) is 0 Å². The van der Waals surface area contributed by atoms with Crippen molar-refractivity contribution in [3.63, 3.8) is 0 Å². The van der Waals surface area contributed by atoms with Gasteiger partial charge in [0.25, 0.3) is 0 Å². The van der Waals surface area contributed by atoms with Gasteiger partial charge in [0, 0.05) is 0 Å². The first-order chi connectivity index (χ1) is 7.23. The van der Waals surface area contributed by atoms with Gasteiger partial charge in [-0.25, -0.2) is 0 Å². The Hall–Kier alpha value is -1.27. The summed E-state index contributed by atoms with van der Waals surface area (Å²) in [7, 11) is 0. The highest BCUT2D eigenvalue weighted by Crippen LogP contribution is 2.35. The van der Waals surface area contributed by atoms with Crippen LogP contribution in [0.2, 0.25) is 5.02 Å². The normalized spacial score (nSPS) is 13.6. The minimum absolute atomic E-state index is 0.0190. The highest BCUT2D eigenvalue weighted by Gasteiger charge is 2.33. The van der Waals surface area contributed by atoms with Crippen LogP contribution in [0.1, 0.15) is 17.2 Å². The van der Waals surface area contributed by atoms with Crippen LogP contribution in [0, 0.1) is 0 Å². The Kier molecular flexibility index (Phi) is 3.44. The van der Waals surface area contributed by atoms with E-state index in [0.29, 0.717) is 6.07 Å². The molecule has 1 atom stereocenters. The van der Waals surface area contributed by atoms with Crippen LogP contribution in [0.15, 0.2) is 18.2 Å². The van der Waals surface area contributed by atoms with Gasteiger partial charge in [-0.1, -0.05) is 17.7 Å². The summed E-state index contributed by atoms with van der Waals surface area (Å²) in [6.07, 6.45) is -4.57. The molecule has 0 fully saturated rings. The molecule has 0 aliphatic heterocycles. The molecule has 16 heavy (non-hydrogen) atoms. The molecule has 0 aliphatic rings. The Balaban J connectivity index is 3.14. The summed E-state index contributed by atoms with van der Waals surface area (Å²) in [5, 5.41) is 8.00. The van der Waals surface area contributed by atoms with Crippen molar-refractivity contribution in [1.82, 2.24) is 0 Å². The minimum atomic E-state index is -4.57. The first-order valence-corrected chi connectivity index (χ1v) is 4.46. The number of halogens is 4. The van der Waals surface area contributed by atoms with Crippen LogP contribution in [0.3, 0.4) is 0 Å². The highest BCUT2D eigenvalue weighted by atomic mass is 35.5. The number of hydrogen-bond donors (Lipinski definition) is 2. The highest BCUT2D eigenvalue weighted by molar-refractivity contribution is 6.31. The maximum absolute atomic E-state index is 12.3. The standard InChI is InChI=1S/C9H7ClF3NO2/c10-6-3-4(7(14)8(15)16)1-2-5(6)9(11,12)13/h1-3,7H,14H2,(H,15,16)/t7-/m0/s1. The third-order valence-corrected chi connectivity index (χ3v) is 2.24. The Bertz CT molecular complexity index is 420. The van der Waals surface area contributed by atoms with Crippen LogP contribution in [-0.4, -0.2) is 11.1 Å². The quantitative estimate of drug-likeness (QED) is 0.851. The second-order valence-corrected chi connectivity index (χ2v) is 3.46. The molecule has 0 amide bonds. The van der Waals surface area contributed by atoms with Crippen LogP contribution < -0.4 is 5.73 Å². The van der Waals surface area contributed by atoms with Crippen molar-refractivity contribution >= 4 is 17.6 Å². The lowest BCUT2D eigenvalue weighted by molar-refractivity contribution is -0.138. The first-order valence-electron chi connectivity index (χ1n) is 4.08. The topological polar surface area (TPSA) is 63.3 Å². The van der Waals surface area contributed by atoms with Crippen LogP contribution in [0.5, 0.6) is 0 Å². The zero-order chi connectivity index (χ0) is 12.5. The lowest BCUT2D eigenvalue weighted by atomic mass is 10.1. The maximum atomic E-state index is 12.3. The molecule has 0 aromatic heterocycles. The summed E-state index contributed by atoms with van der Waals surface area (Å²) in [4.78, 5) is 10.5. The van der Waals surface area contributed by atoms with E-state index in [1.54, 1.807) is 0 Å². The van der Waals surface area contributed by atoms with E-state index in [9.17, 15) is 18.0 Å². The number of benzene rings is 1. The third kappa shape index (κ3) is 2.65. The Morgan fingerprint density at radius 3 is 2.38 bits per heavy atom. The number of carboxylic acids is 1. The summed E-state index contributed by atoms with van der Waals surface area (Å²) < 4.78 is 36.9. The number of carboxylic acid groups (broad SMARTS) is 1. The molecule has 1 rings (SSSR count). The van der Waals surface area contributed by atoms with E-state index in [2.05, 4.69) is 0 Å². The number of nitrogens with two attached hydrogens (primary N) is 1. The van der Waals surface area contributed by atoms with Crippen molar-refractivity contribution in [2.75, 3.05) is 0 Å². The average molecular weight is 254 g/mol. The molecule has 0 saturated heterocycles. The van der Waals surface area contributed by atoms with Gasteiger partial charge >= 0.3 is 12.1 Å². The fraction of sp³-hybridized carbons (Fsp3) is 0.222. The number of alkyl halides is 3. The van der Waals surface area contributed by atoms with Crippen molar-refractivity contribution in [3.05, 3.63) is 34.3 Å². The second-order valence-electron chi connectivity index (χ2n) is 3.05. The van der Waals surface area contributed by atoms with Crippen molar-refractivity contribution in [1.29, 1.82) is 0 Å². The van der Waals surface area contributed by atoms with Crippen molar-refractivity contribution in [2.45, 2.75) is 12.2 Å². The summed E-state index contributed by atoms with van der Waals surface area (Å²) in [6.45, 7) is 0. The van der Waals surface area contributed by atoms with E-state index in [1.807, 2.05) is 0 Å². The zero-order valence-corrected chi connectivity index (χ0v) is 8.51. The summed E-state index contributed by atoms with van der Waals surface area (Å²) in [5.74, 6) is -1.34. The fourth-order valence-electron chi connectivity index (χ4n) is 1.10. The molecular formula is C9H7ClF3NO2. The molecule has 88 valence electrons. The summed E-state index contributed by atoms with van der Waals surface area (Å²) >= 11 is 5.39. The number of hydrogen-bond acceptors (Lipinski definition) is 2. The average Bonchev–Trinajstić information content (AvgIpc) is 2.14. The molecule has 3 N–H and O–H groups in total. The van der Waals surface area contributed by atoms with E-state index in [4.69, 9.17) is 22.4 Å². The fourth-order valence-corrected chi connectivity index (χ4v) is 1.39. The second kappa shape index (κ2) is 4.31. The Morgan fingerprint density at radius 2 is 2.00 bits per heavy atom. The zero-order valence-electron chi connectivity index (χ0n) is 7.75. The molecule has 7 heteroatoms. The molecule has 0 unspecified atom stereocenters. The molecule has 0 bridgehead atoms. The van der Waals surface area contributed by atoms with Gasteiger partial charge in [0.15, 0.2) is 0 Å². The molecule has 0 heterocycles. The monoisotopic (exact) mass is 253 g/mol. The van der Waals surface area contributed by atoms with Gasteiger partial charge in [-0.15, -0.1) is 0 Å². The molecule has 0 spiro atoms. The van der Waals surface area contributed by atoms with Crippen LogP contribution in [-0.2, 0) is 11.0 Å². The van der Waals surface area contributed by atoms with Crippen LogP contribution in [0.4, 0.5) is 13.2 Å². The Labute approximate surface area is 93.6 Å². The minimum Gasteiger partial charge on any atom is -0.480 e. The molecule has 3 nitrogen and oxygen atoms in total. The Morgan fingerprint density at radius 1 is 1.44 bits per heavy atom.